The Kier molecular flexibility index (Phi) is 3.14. The van der Waals surface area contributed by atoms with Gasteiger partial charge >= 0.3 is 0 Å². The van der Waals surface area contributed by atoms with Gasteiger partial charge in [0.25, 0.3) is 0 Å². The molecule has 0 saturated carbocycles. The number of halogens is 1. The summed E-state index contributed by atoms with van der Waals surface area (Å²) < 4.78 is 1.07. The number of benzene rings is 1. The molecule has 0 radical (unpaired) electrons. The van der Waals surface area contributed by atoms with Crippen molar-refractivity contribution in [2.24, 2.45) is 0 Å². The third-order valence-electron chi connectivity index (χ3n) is 3.26. The Bertz CT molecular complexity index is 338. The minimum absolute atomic E-state index is 0.293. The van der Waals surface area contributed by atoms with Crippen molar-refractivity contribution in [3.63, 3.8) is 0 Å². The van der Waals surface area contributed by atoms with Gasteiger partial charge in [-0.15, -0.1) is 0 Å². The molecule has 0 aromatic heterocycles. The van der Waals surface area contributed by atoms with Gasteiger partial charge in [0.1, 0.15) is 0 Å². The minimum atomic E-state index is -0.299. The highest BCUT2D eigenvalue weighted by atomic mass is 79.9. The Hall–Kier alpha value is -0.380. The zero-order chi connectivity index (χ0) is 10.9. The molecule has 2 rings (SSSR count). The van der Waals surface area contributed by atoms with E-state index in [1.54, 1.807) is 0 Å². The molecule has 1 fully saturated rings. The van der Waals surface area contributed by atoms with E-state index in [9.17, 15) is 5.11 Å². The number of hydrogen-bond acceptors (Lipinski definition) is 2. The molecule has 82 valence electrons. The van der Waals surface area contributed by atoms with E-state index in [1.807, 2.05) is 12.1 Å². The summed E-state index contributed by atoms with van der Waals surface area (Å²) in [4.78, 5) is 0. The fraction of sp³-hybridized carbons (Fsp3) is 0.500. The van der Waals surface area contributed by atoms with Crippen LogP contribution in [0.5, 0.6) is 0 Å². The lowest BCUT2D eigenvalue weighted by Gasteiger charge is -2.40. The van der Waals surface area contributed by atoms with Gasteiger partial charge in [-0.25, -0.2) is 0 Å². The second-order valence-electron chi connectivity index (χ2n) is 4.29. The van der Waals surface area contributed by atoms with Crippen LogP contribution in [0.2, 0.25) is 0 Å². The lowest BCUT2D eigenvalue weighted by atomic mass is 9.81. The third-order valence-corrected chi connectivity index (χ3v) is 3.79. The smallest absolute Gasteiger partial charge is 0.0761 e. The van der Waals surface area contributed by atoms with Crippen molar-refractivity contribution in [1.82, 2.24) is 5.32 Å². The van der Waals surface area contributed by atoms with Gasteiger partial charge in [0.05, 0.1) is 11.6 Å². The molecule has 2 N–H and O–H groups in total. The van der Waals surface area contributed by atoms with Crippen molar-refractivity contribution in [3.05, 3.63) is 34.3 Å². The van der Waals surface area contributed by atoms with Gasteiger partial charge in [0, 0.05) is 4.47 Å². The number of aliphatic hydroxyl groups excluding tert-OH is 1. The second kappa shape index (κ2) is 4.24. The summed E-state index contributed by atoms with van der Waals surface area (Å²) in [6.07, 6.45) is 1.62. The van der Waals surface area contributed by atoms with Crippen LogP contribution >= 0.6 is 15.9 Å². The average molecular weight is 270 g/mol. The Morgan fingerprint density at radius 2 is 2.07 bits per heavy atom. The molecular weight excluding hydrogens is 254 g/mol. The van der Waals surface area contributed by atoms with Gasteiger partial charge in [-0.3, -0.25) is 0 Å². The predicted molar refractivity (Wildman–Crippen MR) is 64.7 cm³/mol. The van der Waals surface area contributed by atoms with Crippen LogP contribution in [0.1, 0.15) is 25.3 Å². The van der Waals surface area contributed by atoms with E-state index in [0.717, 1.165) is 29.4 Å². The van der Waals surface area contributed by atoms with Crippen molar-refractivity contribution < 1.29 is 5.11 Å². The fourth-order valence-corrected chi connectivity index (χ4v) is 2.40. The number of aliphatic hydroxyl groups is 1. The summed E-state index contributed by atoms with van der Waals surface area (Å²) in [6, 6.07) is 8.16. The van der Waals surface area contributed by atoms with Gasteiger partial charge < -0.3 is 10.4 Å². The van der Waals surface area contributed by atoms with Gasteiger partial charge in [-0.2, -0.15) is 0 Å². The maximum absolute atomic E-state index is 10.1. The van der Waals surface area contributed by atoms with Crippen molar-refractivity contribution in [1.29, 1.82) is 0 Å². The molecule has 0 spiro atoms. The summed E-state index contributed by atoms with van der Waals surface area (Å²) in [6.45, 7) is 3.05. The summed E-state index contributed by atoms with van der Waals surface area (Å²) in [5.41, 5.74) is 0.858. The van der Waals surface area contributed by atoms with E-state index in [2.05, 4.69) is 40.3 Å². The third kappa shape index (κ3) is 2.10. The molecule has 1 aromatic rings. The maximum atomic E-state index is 10.1. The van der Waals surface area contributed by atoms with Crippen molar-refractivity contribution in [2.75, 3.05) is 6.54 Å². The van der Waals surface area contributed by atoms with Crippen molar-refractivity contribution >= 4 is 15.9 Å². The maximum Gasteiger partial charge on any atom is 0.0761 e. The molecular formula is C12H16BrNO. The summed E-state index contributed by atoms with van der Waals surface area (Å²) in [7, 11) is 0. The highest BCUT2D eigenvalue weighted by molar-refractivity contribution is 9.10. The second-order valence-corrected chi connectivity index (χ2v) is 5.21. The molecule has 0 aliphatic carbocycles. The molecule has 0 bridgehead atoms. The predicted octanol–water partition coefficient (Wildman–Crippen LogP) is 2.41. The van der Waals surface area contributed by atoms with Gasteiger partial charge in [-0.05, 0) is 44.0 Å². The number of piperidine rings is 1. The van der Waals surface area contributed by atoms with E-state index < -0.39 is 0 Å². The van der Waals surface area contributed by atoms with Crippen molar-refractivity contribution in [2.45, 2.75) is 31.4 Å². The fourth-order valence-electron chi connectivity index (χ4n) is 2.14. The van der Waals surface area contributed by atoms with Crippen molar-refractivity contribution in [3.8, 4) is 0 Å². The van der Waals surface area contributed by atoms with Crippen LogP contribution < -0.4 is 5.32 Å². The van der Waals surface area contributed by atoms with E-state index in [4.69, 9.17) is 0 Å². The Balaban J connectivity index is 2.30. The first-order valence-corrected chi connectivity index (χ1v) is 6.11. The summed E-state index contributed by atoms with van der Waals surface area (Å²) in [5.74, 6) is 0. The van der Waals surface area contributed by atoms with E-state index in [0.29, 0.717) is 0 Å². The monoisotopic (exact) mass is 269 g/mol. The van der Waals surface area contributed by atoms with E-state index in [1.165, 1.54) is 0 Å². The lowest BCUT2D eigenvalue weighted by Crippen LogP contribution is -2.53. The molecule has 1 saturated heterocycles. The van der Waals surface area contributed by atoms with Crippen LogP contribution in [-0.2, 0) is 5.54 Å². The Labute approximate surface area is 98.8 Å². The van der Waals surface area contributed by atoms with E-state index in [-0.39, 0.29) is 11.6 Å². The molecule has 1 aliphatic rings. The van der Waals surface area contributed by atoms with E-state index >= 15 is 0 Å². The highest BCUT2D eigenvalue weighted by Gasteiger charge is 2.36. The summed E-state index contributed by atoms with van der Waals surface area (Å²) >= 11 is 3.42. The molecule has 15 heavy (non-hydrogen) atoms. The SMILES string of the molecule is CC1(c2ccc(Br)cc2)NCCCC1O. The molecule has 2 atom stereocenters. The normalized spacial score (nSPS) is 31.5. The summed E-state index contributed by atoms with van der Waals surface area (Å²) in [5, 5.41) is 13.5. The Morgan fingerprint density at radius 3 is 2.67 bits per heavy atom. The van der Waals surface area contributed by atoms with Crippen LogP contribution in [0, 0.1) is 0 Å². The molecule has 3 heteroatoms. The van der Waals surface area contributed by atoms with Gasteiger partial charge in [-0.1, -0.05) is 28.1 Å². The minimum Gasteiger partial charge on any atom is -0.391 e. The zero-order valence-electron chi connectivity index (χ0n) is 8.83. The van der Waals surface area contributed by atoms with Gasteiger partial charge in [0.15, 0.2) is 0 Å². The standard InChI is InChI=1S/C12H16BrNO/c1-12(11(15)3-2-8-14-12)9-4-6-10(13)7-5-9/h4-7,11,14-15H,2-3,8H2,1H3. The molecule has 1 aliphatic heterocycles. The lowest BCUT2D eigenvalue weighted by molar-refractivity contribution is 0.0385. The number of nitrogens with one attached hydrogen (secondary N) is 1. The molecule has 0 amide bonds. The molecule has 1 aromatic carbocycles. The first-order valence-electron chi connectivity index (χ1n) is 5.32. The van der Waals surface area contributed by atoms with Crippen LogP contribution in [0.4, 0.5) is 0 Å². The van der Waals surface area contributed by atoms with Crippen LogP contribution in [-0.4, -0.2) is 17.8 Å². The number of hydrogen-bond donors (Lipinski definition) is 2. The first-order chi connectivity index (χ1) is 7.13. The molecule has 1 heterocycles. The highest BCUT2D eigenvalue weighted by Crippen LogP contribution is 2.30. The van der Waals surface area contributed by atoms with Crippen LogP contribution in [0.15, 0.2) is 28.7 Å². The molecule has 2 unspecified atom stereocenters. The topological polar surface area (TPSA) is 32.3 Å². The quantitative estimate of drug-likeness (QED) is 0.821. The Morgan fingerprint density at radius 1 is 1.40 bits per heavy atom. The number of rotatable bonds is 1. The van der Waals surface area contributed by atoms with Crippen LogP contribution in [0.3, 0.4) is 0 Å². The molecule has 2 nitrogen and oxygen atoms in total. The van der Waals surface area contributed by atoms with Crippen LogP contribution in [0.25, 0.3) is 0 Å². The van der Waals surface area contributed by atoms with Gasteiger partial charge in [0.2, 0.25) is 0 Å². The largest absolute Gasteiger partial charge is 0.391 e. The average Bonchev–Trinajstić information content (AvgIpc) is 2.23. The zero-order valence-corrected chi connectivity index (χ0v) is 10.4. The first kappa shape index (κ1) is 11.1.